The van der Waals surface area contributed by atoms with Gasteiger partial charge in [0.05, 0.1) is 6.61 Å². The van der Waals surface area contributed by atoms with Gasteiger partial charge in [0.1, 0.15) is 0 Å². The normalized spacial score (nSPS) is 11.2. The van der Waals surface area contributed by atoms with Gasteiger partial charge in [-0.1, -0.05) is 17.8 Å². The Bertz CT molecular complexity index is 488. The Balaban J connectivity index is 1.63. The fourth-order valence-electron chi connectivity index (χ4n) is 1.73. The minimum Gasteiger partial charge on any atom is -0.383 e. The molecule has 104 valence electrons. The van der Waals surface area contributed by atoms with Crippen LogP contribution in [0.3, 0.4) is 0 Å². The maximum absolute atomic E-state index is 4.97. The predicted molar refractivity (Wildman–Crippen MR) is 77.7 cm³/mol. The number of thioether (sulfide) groups is 1. The Hall–Kier alpha value is -1.11. The summed E-state index contributed by atoms with van der Waals surface area (Å²) in [4.78, 5) is 0. The number of rotatable bonds is 9. The van der Waals surface area contributed by atoms with Crippen LogP contribution in [0.15, 0.2) is 29.6 Å². The first kappa shape index (κ1) is 14.3. The monoisotopic (exact) mass is 280 g/mol. The second kappa shape index (κ2) is 8.14. The number of pyridine rings is 1. The summed E-state index contributed by atoms with van der Waals surface area (Å²) in [5.41, 5.74) is 0.909. The van der Waals surface area contributed by atoms with Gasteiger partial charge in [0, 0.05) is 25.6 Å². The van der Waals surface area contributed by atoms with Gasteiger partial charge in [0.15, 0.2) is 10.8 Å². The first-order valence-corrected chi connectivity index (χ1v) is 7.52. The Morgan fingerprint density at radius 1 is 1.26 bits per heavy atom. The molecule has 0 atom stereocenters. The van der Waals surface area contributed by atoms with E-state index < -0.39 is 0 Å². The predicted octanol–water partition coefficient (Wildman–Crippen LogP) is 1.84. The zero-order valence-electron chi connectivity index (χ0n) is 11.2. The zero-order chi connectivity index (χ0) is 13.3. The third-order valence-corrected chi connectivity index (χ3v) is 3.77. The molecule has 0 amide bonds. The van der Waals surface area contributed by atoms with Crippen molar-refractivity contribution < 1.29 is 4.74 Å². The molecule has 2 rings (SSSR count). The number of aromatic nitrogens is 3. The number of unbranched alkanes of at least 4 members (excludes halogenated alkanes) is 1. The van der Waals surface area contributed by atoms with Crippen LogP contribution in [0.4, 0.5) is 0 Å². The summed E-state index contributed by atoms with van der Waals surface area (Å²) in [5, 5.41) is 12.6. The number of fused-ring (bicyclic) bond motifs is 1. The highest BCUT2D eigenvalue weighted by atomic mass is 32.2. The van der Waals surface area contributed by atoms with E-state index in [1.54, 1.807) is 18.9 Å². The second-order valence-electron chi connectivity index (χ2n) is 4.21. The molecule has 0 saturated carbocycles. The minimum atomic E-state index is 0.778. The summed E-state index contributed by atoms with van der Waals surface area (Å²) in [6, 6.07) is 5.95. The first-order valence-electron chi connectivity index (χ1n) is 6.54. The molecule has 0 bridgehead atoms. The Morgan fingerprint density at radius 3 is 3.11 bits per heavy atom. The fourth-order valence-corrected chi connectivity index (χ4v) is 2.66. The van der Waals surface area contributed by atoms with Crippen LogP contribution < -0.4 is 5.32 Å². The van der Waals surface area contributed by atoms with Crippen LogP contribution in [0.1, 0.15) is 12.8 Å². The molecule has 0 spiro atoms. The minimum absolute atomic E-state index is 0.778. The topological polar surface area (TPSA) is 51.5 Å². The van der Waals surface area contributed by atoms with Gasteiger partial charge in [-0.2, -0.15) is 0 Å². The van der Waals surface area contributed by atoms with Crippen LogP contribution in [0, 0.1) is 0 Å². The number of ether oxygens (including phenoxy) is 1. The first-order chi connectivity index (χ1) is 9.42. The highest BCUT2D eigenvalue weighted by molar-refractivity contribution is 7.99. The van der Waals surface area contributed by atoms with E-state index in [0.29, 0.717) is 0 Å². The molecule has 2 heterocycles. The summed E-state index contributed by atoms with van der Waals surface area (Å²) >= 11 is 1.76. The van der Waals surface area contributed by atoms with Crippen molar-refractivity contribution in [3.8, 4) is 0 Å². The average Bonchev–Trinajstić information content (AvgIpc) is 2.85. The lowest BCUT2D eigenvalue weighted by molar-refractivity contribution is 0.199. The van der Waals surface area contributed by atoms with E-state index >= 15 is 0 Å². The van der Waals surface area contributed by atoms with Gasteiger partial charge in [-0.05, 0) is 31.5 Å². The fraction of sp³-hybridized carbons (Fsp3) is 0.538. The smallest absolute Gasteiger partial charge is 0.195 e. The maximum atomic E-state index is 4.97. The Morgan fingerprint density at radius 2 is 2.21 bits per heavy atom. The third-order valence-electron chi connectivity index (χ3n) is 2.74. The number of nitrogens with zero attached hydrogens (tertiary/aromatic N) is 3. The van der Waals surface area contributed by atoms with E-state index in [2.05, 4.69) is 15.5 Å². The van der Waals surface area contributed by atoms with Crippen LogP contribution >= 0.6 is 11.8 Å². The van der Waals surface area contributed by atoms with E-state index in [4.69, 9.17) is 4.74 Å². The van der Waals surface area contributed by atoms with Crippen molar-refractivity contribution >= 4 is 17.4 Å². The molecule has 0 aliphatic carbocycles. The molecule has 2 aromatic heterocycles. The molecular weight excluding hydrogens is 260 g/mol. The maximum Gasteiger partial charge on any atom is 0.195 e. The standard InChI is InChI=1S/C13H20N4OS/c1-18-10-8-14-7-3-5-11-19-13-16-15-12-6-2-4-9-17(12)13/h2,4,6,9,14H,3,5,7-8,10-11H2,1H3. The summed E-state index contributed by atoms with van der Waals surface area (Å²) in [5.74, 6) is 1.07. The largest absolute Gasteiger partial charge is 0.383 e. The van der Waals surface area contributed by atoms with Gasteiger partial charge in [-0.15, -0.1) is 10.2 Å². The number of hydrogen-bond donors (Lipinski definition) is 1. The summed E-state index contributed by atoms with van der Waals surface area (Å²) in [6.07, 6.45) is 4.35. The van der Waals surface area contributed by atoms with Gasteiger partial charge in [-0.3, -0.25) is 4.40 Å². The van der Waals surface area contributed by atoms with Crippen molar-refractivity contribution in [2.45, 2.75) is 18.0 Å². The molecule has 0 fully saturated rings. The van der Waals surface area contributed by atoms with Gasteiger partial charge in [0.25, 0.3) is 0 Å². The Kier molecular flexibility index (Phi) is 6.13. The van der Waals surface area contributed by atoms with Crippen molar-refractivity contribution in [1.82, 2.24) is 19.9 Å². The molecule has 0 unspecified atom stereocenters. The Labute approximate surface area is 117 Å². The van der Waals surface area contributed by atoms with Gasteiger partial charge in [0.2, 0.25) is 0 Å². The lowest BCUT2D eigenvalue weighted by atomic mass is 10.3. The number of nitrogens with one attached hydrogen (secondary N) is 1. The van der Waals surface area contributed by atoms with E-state index in [-0.39, 0.29) is 0 Å². The molecule has 6 heteroatoms. The van der Waals surface area contributed by atoms with E-state index in [9.17, 15) is 0 Å². The van der Waals surface area contributed by atoms with Crippen LogP contribution in [-0.2, 0) is 4.74 Å². The van der Waals surface area contributed by atoms with E-state index in [0.717, 1.165) is 36.3 Å². The van der Waals surface area contributed by atoms with Gasteiger partial charge < -0.3 is 10.1 Å². The lowest BCUT2D eigenvalue weighted by Crippen LogP contribution is -2.20. The zero-order valence-corrected chi connectivity index (χ0v) is 12.0. The van der Waals surface area contributed by atoms with Gasteiger partial charge in [-0.25, -0.2) is 0 Å². The molecule has 1 N–H and O–H groups in total. The molecule has 2 aromatic rings. The summed E-state index contributed by atoms with van der Waals surface area (Å²) < 4.78 is 7.00. The van der Waals surface area contributed by atoms with Crippen molar-refractivity contribution in [3.63, 3.8) is 0 Å². The molecule has 0 aromatic carbocycles. The van der Waals surface area contributed by atoms with Crippen molar-refractivity contribution in [2.75, 3.05) is 32.6 Å². The molecule has 5 nitrogen and oxygen atoms in total. The number of hydrogen-bond acceptors (Lipinski definition) is 5. The highest BCUT2D eigenvalue weighted by Gasteiger charge is 2.04. The van der Waals surface area contributed by atoms with E-state index in [1.807, 2.05) is 28.8 Å². The molecule has 0 aliphatic rings. The quantitative estimate of drug-likeness (QED) is 0.561. The van der Waals surface area contributed by atoms with Crippen LogP contribution in [-0.4, -0.2) is 47.2 Å². The van der Waals surface area contributed by atoms with Crippen LogP contribution in [0.25, 0.3) is 5.65 Å². The van der Waals surface area contributed by atoms with E-state index in [1.165, 1.54) is 12.8 Å². The third kappa shape index (κ3) is 4.49. The second-order valence-corrected chi connectivity index (χ2v) is 5.27. The highest BCUT2D eigenvalue weighted by Crippen LogP contribution is 2.17. The molecule has 0 aliphatic heterocycles. The summed E-state index contributed by atoms with van der Waals surface area (Å²) in [7, 11) is 1.72. The number of methoxy groups -OCH3 is 1. The van der Waals surface area contributed by atoms with Crippen molar-refractivity contribution in [2.24, 2.45) is 0 Å². The SMILES string of the molecule is COCCNCCCCSc1nnc2ccccn12. The van der Waals surface area contributed by atoms with Crippen LogP contribution in [0.2, 0.25) is 0 Å². The average molecular weight is 280 g/mol. The lowest BCUT2D eigenvalue weighted by Gasteiger charge is -2.03. The summed E-state index contributed by atoms with van der Waals surface area (Å²) in [6.45, 7) is 2.75. The molecule has 19 heavy (non-hydrogen) atoms. The molecule has 0 saturated heterocycles. The van der Waals surface area contributed by atoms with Gasteiger partial charge >= 0.3 is 0 Å². The van der Waals surface area contributed by atoms with Crippen LogP contribution in [0.5, 0.6) is 0 Å². The van der Waals surface area contributed by atoms with Crippen molar-refractivity contribution in [1.29, 1.82) is 0 Å². The van der Waals surface area contributed by atoms with Crippen molar-refractivity contribution in [3.05, 3.63) is 24.4 Å². The molecule has 0 radical (unpaired) electrons. The molecular formula is C13H20N4OS.